The van der Waals surface area contributed by atoms with Crippen LogP contribution in [0.5, 0.6) is 5.75 Å². The Bertz CT molecular complexity index is 1640. The zero-order valence-corrected chi connectivity index (χ0v) is 24.4. The van der Waals surface area contributed by atoms with Crippen LogP contribution >= 0.6 is 11.6 Å². The van der Waals surface area contributed by atoms with Gasteiger partial charge in [-0.15, -0.1) is 0 Å². The molecule has 1 fully saturated rings. The van der Waals surface area contributed by atoms with Crippen LogP contribution in [0.2, 0.25) is 5.15 Å². The van der Waals surface area contributed by atoms with Crippen molar-refractivity contribution in [2.45, 2.75) is 57.1 Å². The molecule has 0 unspecified atom stereocenters. The third-order valence-corrected chi connectivity index (χ3v) is 8.63. The van der Waals surface area contributed by atoms with E-state index < -0.39 is 15.6 Å². The van der Waals surface area contributed by atoms with Crippen molar-refractivity contribution in [1.82, 2.24) is 18.8 Å². The Morgan fingerprint density at radius 1 is 1.00 bits per heavy atom. The number of carbonyl (C=O) groups is 1. The molecule has 0 saturated carbocycles. The number of aromatic nitrogens is 3. The predicted octanol–water partition coefficient (Wildman–Crippen LogP) is 6.08. The molecule has 40 heavy (non-hydrogen) atoms. The van der Waals surface area contributed by atoms with E-state index in [9.17, 15) is 13.2 Å². The van der Waals surface area contributed by atoms with E-state index in [1.807, 2.05) is 52.0 Å². The third-order valence-electron chi connectivity index (χ3n) is 6.61. The largest absolute Gasteiger partial charge is 0.490 e. The van der Waals surface area contributed by atoms with Gasteiger partial charge in [-0.25, -0.2) is 27.2 Å². The summed E-state index contributed by atoms with van der Waals surface area (Å²) in [5, 5.41) is 0.605. The van der Waals surface area contributed by atoms with E-state index in [1.165, 1.54) is 10.3 Å². The van der Waals surface area contributed by atoms with E-state index in [-0.39, 0.29) is 27.9 Å². The highest BCUT2D eigenvalue weighted by molar-refractivity contribution is 7.90. The van der Waals surface area contributed by atoms with Gasteiger partial charge in [0.2, 0.25) is 0 Å². The van der Waals surface area contributed by atoms with Crippen molar-refractivity contribution in [2.24, 2.45) is 0 Å². The number of nitrogens with zero attached hydrogens (tertiary/aromatic N) is 4. The molecule has 0 aliphatic carbocycles. The fraction of sp³-hybridized carbons (Fsp3) is 0.345. The minimum absolute atomic E-state index is 0.0491. The number of carbonyl (C=O) groups excluding carboxylic acids is 1. The molecule has 210 valence electrons. The molecule has 2 aromatic carbocycles. The highest BCUT2D eigenvalue weighted by atomic mass is 35.5. The molecular formula is C29H31ClN4O5S. The van der Waals surface area contributed by atoms with Gasteiger partial charge in [0.15, 0.2) is 5.65 Å². The van der Waals surface area contributed by atoms with Crippen molar-refractivity contribution in [1.29, 1.82) is 0 Å². The van der Waals surface area contributed by atoms with E-state index in [0.717, 1.165) is 5.56 Å². The number of benzene rings is 2. The normalized spacial score (nSPS) is 14.9. The fourth-order valence-electron chi connectivity index (χ4n) is 4.60. The Labute approximate surface area is 238 Å². The van der Waals surface area contributed by atoms with E-state index in [4.69, 9.17) is 21.1 Å². The first kappa shape index (κ1) is 27.9. The molecule has 3 heterocycles. The number of halogens is 1. The second-order valence-electron chi connectivity index (χ2n) is 10.8. The maximum absolute atomic E-state index is 13.8. The standard InChI is InChI=1S/C29H31ClN4O5S/c1-19-5-11-23(12-6-19)40(36,37)34-25(17-24-26(30)31-18-32-27(24)34)20-7-9-21(10-8-20)38-22-13-15-33(16-14-22)28(35)39-29(2,3)4/h5-12,17-18,22H,13-16H2,1-4H3. The molecule has 1 aliphatic heterocycles. The number of ether oxygens (including phenoxy) is 2. The van der Waals surface area contributed by atoms with Crippen LogP contribution in [0.15, 0.2) is 65.8 Å². The van der Waals surface area contributed by atoms with Crippen LogP contribution in [0.4, 0.5) is 4.79 Å². The first-order valence-electron chi connectivity index (χ1n) is 13.0. The number of hydrogen-bond donors (Lipinski definition) is 0. The van der Waals surface area contributed by atoms with Gasteiger partial charge >= 0.3 is 6.09 Å². The Morgan fingerprint density at radius 2 is 1.65 bits per heavy atom. The zero-order valence-electron chi connectivity index (χ0n) is 22.8. The number of fused-ring (bicyclic) bond motifs is 1. The lowest BCUT2D eigenvalue weighted by atomic mass is 10.1. The molecule has 5 rings (SSSR count). The van der Waals surface area contributed by atoms with Gasteiger partial charge in [-0.2, -0.15) is 0 Å². The minimum atomic E-state index is -4.00. The van der Waals surface area contributed by atoms with E-state index in [0.29, 0.717) is 48.3 Å². The zero-order chi connectivity index (χ0) is 28.7. The smallest absolute Gasteiger partial charge is 0.410 e. The van der Waals surface area contributed by atoms with Crippen LogP contribution in [-0.2, 0) is 14.8 Å². The molecule has 0 spiro atoms. The first-order chi connectivity index (χ1) is 18.9. The summed E-state index contributed by atoms with van der Waals surface area (Å²) in [6, 6.07) is 15.6. The molecule has 2 aromatic heterocycles. The Hall–Kier alpha value is -3.63. The van der Waals surface area contributed by atoms with Crippen LogP contribution in [0.25, 0.3) is 22.3 Å². The maximum atomic E-state index is 13.8. The maximum Gasteiger partial charge on any atom is 0.410 e. The van der Waals surface area contributed by atoms with Crippen LogP contribution in [0.3, 0.4) is 0 Å². The van der Waals surface area contributed by atoms with Crippen LogP contribution in [0, 0.1) is 6.92 Å². The molecule has 0 radical (unpaired) electrons. The van der Waals surface area contributed by atoms with Gasteiger partial charge in [-0.3, -0.25) is 0 Å². The van der Waals surface area contributed by atoms with Crippen LogP contribution in [-0.4, -0.2) is 58.1 Å². The molecule has 4 aromatic rings. The quantitative estimate of drug-likeness (QED) is 0.263. The van der Waals surface area contributed by atoms with Gasteiger partial charge in [-0.1, -0.05) is 29.3 Å². The van der Waals surface area contributed by atoms with Crippen LogP contribution in [0.1, 0.15) is 39.2 Å². The van der Waals surface area contributed by atoms with E-state index >= 15 is 0 Å². The third kappa shape index (κ3) is 5.78. The van der Waals surface area contributed by atoms with Crippen molar-refractivity contribution < 1.29 is 22.7 Å². The Balaban J connectivity index is 1.38. The Kier molecular flexibility index (Phi) is 7.50. The molecule has 11 heteroatoms. The monoisotopic (exact) mass is 582 g/mol. The molecule has 1 aliphatic rings. The summed E-state index contributed by atoms with van der Waals surface area (Å²) >= 11 is 6.33. The number of rotatable bonds is 5. The molecule has 9 nitrogen and oxygen atoms in total. The lowest BCUT2D eigenvalue weighted by molar-refractivity contribution is 0.0126. The molecule has 0 N–H and O–H groups in total. The van der Waals surface area contributed by atoms with E-state index in [1.54, 1.807) is 35.2 Å². The first-order valence-corrected chi connectivity index (χ1v) is 14.8. The second-order valence-corrected chi connectivity index (χ2v) is 13.0. The van der Waals surface area contributed by atoms with Gasteiger partial charge in [0, 0.05) is 25.9 Å². The summed E-state index contributed by atoms with van der Waals surface area (Å²) in [5.41, 5.74) is 1.68. The number of amides is 1. The van der Waals surface area contributed by atoms with Gasteiger partial charge in [0.1, 0.15) is 28.9 Å². The number of piperidine rings is 1. The predicted molar refractivity (Wildman–Crippen MR) is 153 cm³/mol. The summed E-state index contributed by atoms with van der Waals surface area (Å²) in [4.78, 5) is 22.5. The highest BCUT2D eigenvalue weighted by Crippen LogP contribution is 2.34. The van der Waals surface area contributed by atoms with Crippen molar-refractivity contribution in [3.05, 3.63) is 71.6 Å². The van der Waals surface area contributed by atoms with Gasteiger partial charge in [0.25, 0.3) is 10.0 Å². The SMILES string of the molecule is Cc1ccc(S(=O)(=O)n2c(-c3ccc(OC4CCN(C(=O)OC(C)(C)C)CC4)cc3)cc3c(Cl)ncnc32)cc1. The van der Waals surface area contributed by atoms with Gasteiger partial charge < -0.3 is 14.4 Å². The van der Waals surface area contributed by atoms with Crippen molar-refractivity contribution in [3.63, 3.8) is 0 Å². The summed E-state index contributed by atoms with van der Waals surface area (Å²) < 4.78 is 40.5. The summed E-state index contributed by atoms with van der Waals surface area (Å²) in [6.07, 6.45) is 2.26. The summed E-state index contributed by atoms with van der Waals surface area (Å²) in [6.45, 7) is 8.55. The van der Waals surface area contributed by atoms with Gasteiger partial charge in [-0.05, 0) is 75.7 Å². The Morgan fingerprint density at radius 3 is 2.27 bits per heavy atom. The topological polar surface area (TPSA) is 104 Å². The fourth-order valence-corrected chi connectivity index (χ4v) is 6.26. The molecule has 0 bridgehead atoms. The van der Waals surface area contributed by atoms with E-state index in [2.05, 4.69) is 9.97 Å². The summed E-state index contributed by atoms with van der Waals surface area (Å²) in [7, 11) is -4.00. The molecular weight excluding hydrogens is 552 g/mol. The molecule has 0 atom stereocenters. The minimum Gasteiger partial charge on any atom is -0.490 e. The number of hydrogen-bond acceptors (Lipinski definition) is 7. The van der Waals surface area contributed by atoms with Gasteiger partial charge in [0.05, 0.1) is 16.0 Å². The molecule has 1 saturated heterocycles. The average molecular weight is 583 g/mol. The number of likely N-dealkylation sites (tertiary alicyclic amines) is 1. The summed E-state index contributed by atoms with van der Waals surface area (Å²) in [5.74, 6) is 0.654. The lowest BCUT2D eigenvalue weighted by Crippen LogP contribution is -2.44. The van der Waals surface area contributed by atoms with Crippen molar-refractivity contribution in [2.75, 3.05) is 13.1 Å². The second kappa shape index (κ2) is 10.7. The highest BCUT2D eigenvalue weighted by Gasteiger charge is 2.28. The van der Waals surface area contributed by atoms with Crippen molar-refractivity contribution >= 4 is 38.8 Å². The molecule has 1 amide bonds. The number of aryl methyl sites for hydroxylation is 1. The lowest BCUT2D eigenvalue weighted by Gasteiger charge is -2.33. The van der Waals surface area contributed by atoms with Crippen LogP contribution < -0.4 is 4.74 Å². The average Bonchev–Trinajstić information content (AvgIpc) is 3.31. The van der Waals surface area contributed by atoms with Crippen molar-refractivity contribution in [3.8, 4) is 17.0 Å².